The third kappa shape index (κ3) is 2.41. The van der Waals surface area contributed by atoms with Crippen molar-refractivity contribution in [1.29, 1.82) is 0 Å². The number of rotatable bonds is 3. The number of carbonyl (C=O) groups is 1. The van der Waals surface area contributed by atoms with E-state index in [0.29, 0.717) is 5.56 Å². The van der Waals surface area contributed by atoms with E-state index in [1.165, 1.54) is 5.56 Å². The molecular formula is C18H20N2O2. The number of fused-ring (bicyclic) bond motifs is 1. The van der Waals surface area contributed by atoms with Crippen LogP contribution in [0.1, 0.15) is 27.7 Å². The lowest BCUT2D eigenvalue weighted by Gasteiger charge is -2.26. The van der Waals surface area contributed by atoms with Crippen LogP contribution < -0.4 is 9.80 Å². The van der Waals surface area contributed by atoms with Gasteiger partial charge in [0.25, 0.3) is 0 Å². The number of cyclic esters (lactones) is 1. The van der Waals surface area contributed by atoms with Gasteiger partial charge in [0.05, 0.1) is 5.56 Å². The van der Waals surface area contributed by atoms with Crippen molar-refractivity contribution in [3.05, 3.63) is 59.2 Å². The molecule has 4 nitrogen and oxygen atoms in total. The molecule has 0 aliphatic carbocycles. The summed E-state index contributed by atoms with van der Waals surface area (Å²) in [4.78, 5) is 16.1. The zero-order chi connectivity index (χ0) is 15.9. The number of hydrogen-bond acceptors (Lipinski definition) is 4. The van der Waals surface area contributed by atoms with Gasteiger partial charge in [-0.05, 0) is 31.2 Å². The van der Waals surface area contributed by atoms with E-state index in [-0.39, 0.29) is 12.2 Å². The Labute approximate surface area is 130 Å². The fourth-order valence-electron chi connectivity index (χ4n) is 2.65. The fraction of sp³-hybridized carbons (Fsp3) is 0.278. The van der Waals surface area contributed by atoms with Crippen LogP contribution in [0, 0.1) is 6.92 Å². The maximum absolute atomic E-state index is 12.2. The van der Waals surface area contributed by atoms with E-state index < -0.39 is 0 Å². The average molecular weight is 296 g/mol. The molecule has 0 amide bonds. The first kappa shape index (κ1) is 14.4. The molecule has 0 spiro atoms. The second-order valence-corrected chi connectivity index (χ2v) is 5.87. The largest absolute Gasteiger partial charge is 0.434 e. The summed E-state index contributed by atoms with van der Waals surface area (Å²) < 4.78 is 5.58. The van der Waals surface area contributed by atoms with Crippen LogP contribution in [-0.2, 0) is 4.74 Å². The molecule has 2 aromatic rings. The maximum Gasteiger partial charge on any atom is 0.340 e. The van der Waals surface area contributed by atoms with E-state index in [2.05, 4.69) is 19.1 Å². The van der Waals surface area contributed by atoms with Gasteiger partial charge < -0.3 is 14.5 Å². The van der Waals surface area contributed by atoms with Gasteiger partial charge in [-0.3, -0.25) is 0 Å². The van der Waals surface area contributed by atoms with Gasteiger partial charge >= 0.3 is 5.97 Å². The number of ether oxygens (including phenoxy) is 1. The molecule has 1 unspecified atom stereocenters. The van der Waals surface area contributed by atoms with Crippen LogP contribution in [0.5, 0.6) is 0 Å². The summed E-state index contributed by atoms with van der Waals surface area (Å²) in [5.74, 6) is -0.261. The van der Waals surface area contributed by atoms with Gasteiger partial charge in [0.2, 0.25) is 6.23 Å². The van der Waals surface area contributed by atoms with E-state index >= 15 is 0 Å². The molecule has 2 aromatic carbocycles. The van der Waals surface area contributed by atoms with Crippen LogP contribution in [0.4, 0.5) is 11.4 Å². The number of anilines is 2. The normalized spacial score (nSPS) is 16.2. The van der Waals surface area contributed by atoms with Crippen LogP contribution in [0.15, 0.2) is 42.5 Å². The second-order valence-electron chi connectivity index (χ2n) is 5.87. The number of aryl methyl sites for hydroxylation is 1. The molecule has 0 saturated carbocycles. The number of carbonyl (C=O) groups excluding carboxylic acids is 1. The summed E-state index contributed by atoms with van der Waals surface area (Å²) in [6, 6.07) is 14.1. The predicted octanol–water partition coefficient (Wildman–Crippen LogP) is 3.37. The molecule has 0 N–H and O–H groups in total. The molecule has 0 fully saturated rings. The van der Waals surface area contributed by atoms with Gasteiger partial charge in [0.1, 0.15) is 0 Å². The Bertz CT molecular complexity index is 708. The summed E-state index contributed by atoms with van der Waals surface area (Å²) in [5, 5.41) is 0. The van der Waals surface area contributed by atoms with Crippen molar-refractivity contribution in [3.8, 4) is 0 Å². The number of esters is 1. The fourth-order valence-corrected chi connectivity index (χ4v) is 2.65. The Morgan fingerprint density at radius 2 is 1.59 bits per heavy atom. The summed E-state index contributed by atoms with van der Waals surface area (Å²) in [6.07, 6.45) is -0.374. The Balaban J connectivity index is 1.95. The molecule has 0 saturated heterocycles. The van der Waals surface area contributed by atoms with Gasteiger partial charge in [-0.25, -0.2) is 4.79 Å². The van der Waals surface area contributed by atoms with Gasteiger partial charge in [-0.2, -0.15) is 0 Å². The third-order valence-electron chi connectivity index (χ3n) is 4.05. The smallest absolute Gasteiger partial charge is 0.340 e. The molecule has 114 valence electrons. The van der Waals surface area contributed by atoms with Crippen LogP contribution in [0.2, 0.25) is 0 Å². The van der Waals surface area contributed by atoms with Crippen molar-refractivity contribution in [2.75, 3.05) is 30.9 Å². The van der Waals surface area contributed by atoms with Crippen LogP contribution in [0.3, 0.4) is 0 Å². The van der Waals surface area contributed by atoms with E-state index in [1.54, 1.807) is 0 Å². The van der Waals surface area contributed by atoms with Crippen LogP contribution in [0.25, 0.3) is 0 Å². The van der Waals surface area contributed by atoms with Crippen molar-refractivity contribution in [2.45, 2.75) is 13.2 Å². The van der Waals surface area contributed by atoms with E-state index in [0.717, 1.165) is 16.9 Å². The first-order valence-electron chi connectivity index (χ1n) is 7.29. The van der Waals surface area contributed by atoms with Crippen molar-refractivity contribution in [2.24, 2.45) is 0 Å². The summed E-state index contributed by atoms with van der Waals surface area (Å²) >= 11 is 0. The predicted molar refractivity (Wildman–Crippen MR) is 88.5 cm³/mol. The molecule has 0 bridgehead atoms. The topological polar surface area (TPSA) is 32.8 Å². The van der Waals surface area contributed by atoms with E-state index in [1.807, 2.05) is 61.3 Å². The van der Waals surface area contributed by atoms with Gasteiger partial charge in [-0.1, -0.05) is 23.8 Å². The first-order valence-corrected chi connectivity index (χ1v) is 7.29. The monoisotopic (exact) mass is 296 g/mol. The van der Waals surface area contributed by atoms with Crippen molar-refractivity contribution in [1.82, 2.24) is 0 Å². The first-order chi connectivity index (χ1) is 10.5. The molecule has 0 radical (unpaired) electrons. The molecule has 1 atom stereocenters. The number of nitrogens with zero attached hydrogens (tertiary/aromatic N) is 2. The van der Waals surface area contributed by atoms with Crippen LogP contribution in [-0.4, -0.2) is 27.1 Å². The van der Waals surface area contributed by atoms with Gasteiger partial charge in [0.15, 0.2) is 0 Å². The van der Waals surface area contributed by atoms with Crippen molar-refractivity contribution >= 4 is 17.3 Å². The lowest BCUT2D eigenvalue weighted by Crippen LogP contribution is -2.24. The summed E-state index contributed by atoms with van der Waals surface area (Å²) in [6.45, 7) is 2.05. The maximum atomic E-state index is 12.2. The summed E-state index contributed by atoms with van der Waals surface area (Å²) in [7, 11) is 5.85. The highest BCUT2D eigenvalue weighted by molar-refractivity contribution is 5.95. The molecule has 22 heavy (non-hydrogen) atoms. The second kappa shape index (κ2) is 5.37. The molecule has 4 heteroatoms. The lowest BCUT2D eigenvalue weighted by atomic mass is 10.1. The summed E-state index contributed by atoms with van der Waals surface area (Å²) in [5.41, 5.74) is 4.78. The zero-order valence-electron chi connectivity index (χ0n) is 13.3. The minimum Gasteiger partial charge on any atom is -0.434 e. The minimum absolute atomic E-state index is 0.261. The van der Waals surface area contributed by atoms with E-state index in [4.69, 9.17) is 4.74 Å². The third-order valence-corrected chi connectivity index (χ3v) is 4.05. The molecule has 1 aliphatic heterocycles. The number of benzene rings is 2. The molecule has 1 aliphatic rings. The molecule has 3 rings (SSSR count). The lowest BCUT2D eigenvalue weighted by molar-refractivity contribution is 0.0388. The Kier molecular flexibility index (Phi) is 3.53. The zero-order valence-corrected chi connectivity index (χ0v) is 13.3. The standard InChI is InChI=1S/C18H20N2O2/c1-12-5-7-13(8-6-12)20(4)17-15-10-9-14(19(2)3)11-16(15)18(21)22-17/h5-11,17H,1-4H3. The highest BCUT2D eigenvalue weighted by atomic mass is 16.6. The molecule has 1 heterocycles. The SMILES string of the molecule is Cc1ccc(N(C)C2OC(=O)c3cc(N(C)C)ccc32)cc1. The van der Waals surface area contributed by atoms with Gasteiger partial charge in [-0.15, -0.1) is 0 Å². The minimum atomic E-state index is -0.374. The Morgan fingerprint density at radius 1 is 0.955 bits per heavy atom. The van der Waals surface area contributed by atoms with E-state index in [9.17, 15) is 4.79 Å². The quantitative estimate of drug-likeness (QED) is 0.813. The van der Waals surface area contributed by atoms with Crippen molar-refractivity contribution in [3.63, 3.8) is 0 Å². The molecular weight excluding hydrogens is 276 g/mol. The Hall–Kier alpha value is -2.49. The van der Waals surface area contributed by atoms with Gasteiger partial charge in [0, 0.05) is 38.1 Å². The molecule has 0 aromatic heterocycles. The Morgan fingerprint density at radius 3 is 2.23 bits per heavy atom. The number of hydrogen-bond donors (Lipinski definition) is 0. The van der Waals surface area contributed by atoms with Crippen LogP contribution >= 0.6 is 0 Å². The highest BCUT2D eigenvalue weighted by Crippen LogP contribution is 2.36. The average Bonchev–Trinajstić information content (AvgIpc) is 2.84. The highest BCUT2D eigenvalue weighted by Gasteiger charge is 2.34. The van der Waals surface area contributed by atoms with Crippen molar-refractivity contribution < 1.29 is 9.53 Å².